The molecule has 3 aromatic carbocycles. The van der Waals surface area contributed by atoms with Crippen molar-refractivity contribution in [3.63, 3.8) is 0 Å². The van der Waals surface area contributed by atoms with Gasteiger partial charge in [-0.3, -0.25) is 0 Å². The third kappa shape index (κ3) is 3.31. The van der Waals surface area contributed by atoms with Gasteiger partial charge in [-0.25, -0.2) is 0 Å². The molecule has 0 N–H and O–H groups in total. The summed E-state index contributed by atoms with van der Waals surface area (Å²) in [5, 5.41) is 0. The lowest BCUT2D eigenvalue weighted by Crippen LogP contribution is -2.70. The summed E-state index contributed by atoms with van der Waals surface area (Å²) in [6, 6.07) is 33.0. The molecule has 1 nitrogen and oxygen atoms in total. The maximum Gasteiger partial charge on any atom is 0.160 e. The van der Waals surface area contributed by atoms with Gasteiger partial charge in [0.2, 0.25) is 0 Å². The monoisotopic (exact) mass is 418 g/mol. The molecule has 0 bridgehead atoms. The van der Waals surface area contributed by atoms with Gasteiger partial charge in [0.25, 0.3) is 0 Å². The highest BCUT2D eigenvalue weighted by Gasteiger charge is 2.62. The van der Waals surface area contributed by atoms with Crippen molar-refractivity contribution in [3.05, 3.63) is 108 Å². The molecule has 0 heterocycles. The minimum atomic E-state index is -0.392. The molecule has 0 saturated heterocycles. The Balaban J connectivity index is 2.54. The van der Waals surface area contributed by atoms with Crippen LogP contribution < -0.4 is 0 Å². The topological polar surface area (TPSA) is 0 Å². The Morgan fingerprint density at radius 2 is 0.867 bits per heavy atom. The van der Waals surface area contributed by atoms with Crippen LogP contribution in [0.4, 0.5) is 0 Å². The number of benzene rings is 3. The number of hydrogen-bond acceptors (Lipinski definition) is 1. The number of rotatable bonds is 9. The molecule has 0 aromatic heterocycles. The first-order valence-electron chi connectivity index (χ1n) is 11.3. The van der Waals surface area contributed by atoms with Gasteiger partial charge in [0, 0.05) is 6.42 Å². The highest BCUT2D eigenvalue weighted by atomic mass is 32.1. The summed E-state index contributed by atoms with van der Waals surface area (Å²) >= 11 is 5.73. The molecule has 3 rings (SSSR count). The lowest BCUT2D eigenvalue weighted by atomic mass is 9.62. The predicted octanol–water partition coefficient (Wildman–Crippen LogP) is 6.93. The summed E-state index contributed by atoms with van der Waals surface area (Å²) in [6.07, 6.45) is 0.949. The fourth-order valence-electron chi connectivity index (χ4n) is 5.67. The molecule has 1 unspecified atom stereocenters. The van der Waals surface area contributed by atoms with Crippen LogP contribution in [-0.4, -0.2) is 29.0 Å². The zero-order valence-electron chi connectivity index (χ0n) is 18.9. The van der Waals surface area contributed by atoms with Crippen molar-refractivity contribution in [3.8, 4) is 0 Å². The van der Waals surface area contributed by atoms with Gasteiger partial charge >= 0.3 is 0 Å². The maximum absolute atomic E-state index is 5.73. The average molecular weight is 419 g/mol. The van der Waals surface area contributed by atoms with Gasteiger partial charge in [-0.15, -0.1) is 12.6 Å². The van der Waals surface area contributed by atoms with Gasteiger partial charge in [0.15, 0.2) is 4.87 Å². The Hall–Kier alpha value is -2.03. The summed E-state index contributed by atoms with van der Waals surface area (Å²) in [7, 11) is 0. The summed E-state index contributed by atoms with van der Waals surface area (Å²) < 4.78 is 0.936. The molecule has 0 aliphatic heterocycles. The Morgan fingerprint density at radius 3 is 1.10 bits per heavy atom. The van der Waals surface area contributed by atoms with Crippen molar-refractivity contribution in [2.45, 2.75) is 44.4 Å². The van der Waals surface area contributed by atoms with E-state index in [1.54, 1.807) is 0 Å². The van der Waals surface area contributed by atoms with Crippen LogP contribution in [0.5, 0.6) is 0 Å². The Morgan fingerprint density at radius 1 is 0.567 bits per heavy atom. The van der Waals surface area contributed by atoms with Gasteiger partial charge in [-0.05, 0) is 37.5 Å². The normalized spacial score (nSPS) is 14.3. The van der Waals surface area contributed by atoms with Crippen LogP contribution in [0, 0.1) is 0 Å². The Bertz CT molecular complexity index is 798. The van der Waals surface area contributed by atoms with Crippen LogP contribution in [0.2, 0.25) is 0 Å². The fourth-order valence-corrected chi connectivity index (χ4v) is 6.48. The van der Waals surface area contributed by atoms with E-state index in [-0.39, 0.29) is 4.87 Å². The van der Waals surface area contributed by atoms with Gasteiger partial charge < -0.3 is 4.48 Å². The van der Waals surface area contributed by atoms with Crippen molar-refractivity contribution in [2.75, 3.05) is 19.6 Å². The molecule has 3 aromatic rings. The van der Waals surface area contributed by atoms with Crippen molar-refractivity contribution < 1.29 is 4.48 Å². The molecule has 0 aliphatic rings. The molecule has 0 radical (unpaired) electrons. The fraction of sp³-hybridized carbons (Fsp3) is 0.357. The van der Waals surface area contributed by atoms with Crippen molar-refractivity contribution >= 4 is 12.6 Å². The molecule has 0 spiro atoms. The third-order valence-corrected chi connectivity index (χ3v) is 8.39. The smallest absolute Gasteiger partial charge is 0.160 e. The largest absolute Gasteiger partial charge is 0.310 e. The number of quaternary nitrogens is 1. The molecule has 0 aliphatic carbocycles. The average Bonchev–Trinajstić information content (AvgIpc) is 2.83. The van der Waals surface area contributed by atoms with Crippen molar-refractivity contribution in [1.82, 2.24) is 0 Å². The molecule has 0 amide bonds. The SMILES string of the molecule is CCC(S)(C(c1ccccc1)(c1ccccc1)c1ccccc1)[N+](CC)(CC)CC. The standard InChI is InChI=1S/C28H35NS/c1-5-27(30,29(6-2,7-3)8-4)28(24-18-12-9-13-19-24,25-20-14-10-15-21-25)26-22-16-11-17-23-26/h9-23H,5-8H2,1-4H3/p+1. The molecule has 158 valence electrons. The first kappa shape index (κ1) is 22.7. The van der Waals surface area contributed by atoms with E-state index in [1.165, 1.54) is 16.7 Å². The molecule has 1 atom stereocenters. The van der Waals surface area contributed by atoms with E-state index in [1.807, 2.05) is 0 Å². The first-order chi connectivity index (χ1) is 14.6. The zero-order valence-corrected chi connectivity index (χ0v) is 19.8. The summed E-state index contributed by atoms with van der Waals surface area (Å²) in [5.74, 6) is 0. The second-order valence-electron chi connectivity index (χ2n) is 8.11. The zero-order chi connectivity index (χ0) is 21.7. The lowest BCUT2D eigenvalue weighted by molar-refractivity contribution is -0.959. The predicted molar refractivity (Wildman–Crippen MR) is 133 cm³/mol. The highest BCUT2D eigenvalue weighted by molar-refractivity contribution is 7.81. The van der Waals surface area contributed by atoms with Crippen LogP contribution in [0.3, 0.4) is 0 Å². The van der Waals surface area contributed by atoms with Crippen LogP contribution in [0.1, 0.15) is 50.8 Å². The van der Waals surface area contributed by atoms with E-state index < -0.39 is 5.41 Å². The maximum atomic E-state index is 5.73. The molecule has 0 saturated carbocycles. The minimum Gasteiger partial charge on any atom is -0.310 e. The van der Waals surface area contributed by atoms with Crippen LogP contribution in [0.25, 0.3) is 0 Å². The van der Waals surface area contributed by atoms with Gasteiger partial charge in [-0.2, -0.15) is 0 Å². The van der Waals surface area contributed by atoms with E-state index >= 15 is 0 Å². The number of thiol groups is 1. The molecule has 30 heavy (non-hydrogen) atoms. The summed E-state index contributed by atoms with van der Waals surface area (Å²) in [5.41, 5.74) is 3.52. The van der Waals surface area contributed by atoms with E-state index in [0.717, 1.165) is 30.5 Å². The summed E-state index contributed by atoms with van der Waals surface area (Å²) in [4.78, 5) is -0.338. The van der Waals surface area contributed by atoms with Crippen LogP contribution in [0.15, 0.2) is 91.0 Å². The van der Waals surface area contributed by atoms with Crippen LogP contribution >= 0.6 is 12.6 Å². The van der Waals surface area contributed by atoms with Gasteiger partial charge in [0.05, 0.1) is 19.6 Å². The van der Waals surface area contributed by atoms with Gasteiger partial charge in [0.1, 0.15) is 5.41 Å². The Labute approximate surface area is 188 Å². The number of likely N-dealkylation sites (N-methyl/N-ethyl adjacent to an activating group) is 1. The van der Waals surface area contributed by atoms with E-state index in [2.05, 4.69) is 119 Å². The Kier molecular flexibility index (Phi) is 7.10. The van der Waals surface area contributed by atoms with E-state index in [9.17, 15) is 0 Å². The third-order valence-electron chi connectivity index (χ3n) is 7.31. The van der Waals surface area contributed by atoms with Crippen molar-refractivity contribution in [1.29, 1.82) is 0 Å². The molecule has 0 fully saturated rings. The summed E-state index contributed by atoms with van der Waals surface area (Å²) in [6.45, 7) is 12.4. The highest BCUT2D eigenvalue weighted by Crippen LogP contribution is 2.56. The second kappa shape index (κ2) is 9.41. The van der Waals surface area contributed by atoms with E-state index in [0.29, 0.717) is 0 Å². The molecular formula is C28H36NS+. The lowest BCUT2D eigenvalue weighted by Gasteiger charge is -2.59. The molecular weight excluding hydrogens is 382 g/mol. The number of hydrogen-bond donors (Lipinski definition) is 1. The first-order valence-corrected chi connectivity index (χ1v) is 11.8. The van der Waals surface area contributed by atoms with Crippen LogP contribution in [-0.2, 0) is 5.41 Å². The van der Waals surface area contributed by atoms with E-state index in [4.69, 9.17) is 12.6 Å². The number of nitrogens with zero attached hydrogens (tertiary/aromatic N) is 1. The minimum absolute atomic E-state index is 0.338. The quantitative estimate of drug-likeness (QED) is 0.166. The molecule has 2 heteroatoms. The van der Waals surface area contributed by atoms with Gasteiger partial charge in [-0.1, -0.05) is 97.9 Å². The van der Waals surface area contributed by atoms with Crippen molar-refractivity contribution in [2.24, 2.45) is 0 Å². The second-order valence-corrected chi connectivity index (χ2v) is 8.85.